The van der Waals surface area contributed by atoms with Crippen LogP contribution in [0.1, 0.15) is 35.9 Å². The van der Waals surface area contributed by atoms with E-state index in [4.69, 9.17) is 4.74 Å². The lowest BCUT2D eigenvalue weighted by atomic mass is 9.93. The molecule has 0 radical (unpaired) electrons. The Balaban J connectivity index is 1.80. The number of amides is 1. The lowest BCUT2D eigenvalue weighted by molar-refractivity contribution is 0.0461. The van der Waals surface area contributed by atoms with Crippen LogP contribution in [0, 0.1) is 12.8 Å². The van der Waals surface area contributed by atoms with Crippen LogP contribution in [-0.4, -0.2) is 52.0 Å². The molecule has 1 N–H and O–H groups in total. The molecular weight excluding hydrogens is 318 g/mol. The van der Waals surface area contributed by atoms with Gasteiger partial charge in [-0.2, -0.15) is 5.10 Å². The van der Waals surface area contributed by atoms with Crippen molar-refractivity contribution in [2.45, 2.75) is 32.8 Å². The maximum Gasteiger partial charge on any atom is 0.274 e. The van der Waals surface area contributed by atoms with E-state index in [9.17, 15) is 9.90 Å². The Labute approximate surface area is 148 Å². The number of aliphatic hydroxyl groups excluding tert-OH is 1. The van der Waals surface area contributed by atoms with Gasteiger partial charge in [-0.1, -0.05) is 0 Å². The molecule has 2 atom stereocenters. The highest BCUT2D eigenvalue weighted by molar-refractivity contribution is 5.92. The van der Waals surface area contributed by atoms with Gasteiger partial charge < -0.3 is 14.7 Å². The molecule has 0 saturated carbocycles. The van der Waals surface area contributed by atoms with E-state index >= 15 is 0 Å². The van der Waals surface area contributed by atoms with Crippen LogP contribution < -0.4 is 4.74 Å². The maximum absolute atomic E-state index is 12.8. The largest absolute Gasteiger partial charge is 0.497 e. The average Bonchev–Trinajstić information content (AvgIpc) is 3.03. The molecule has 0 aliphatic carbocycles. The summed E-state index contributed by atoms with van der Waals surface area (Å²) in [5.74, 6) is 0.852. The first-order valence-corrected chi connectivity index (χ1v) is 8.68. The van der Waals surface area contributed by atoms with Crippen LogP contribution in [0.3, 0.4) is 0 Å². The van der Waals surface area contributed by atoms with Crippen LogP contribution in [0.15, 0.2) is 30.3 Å². The Kier molecular flexibility index (Phi) is 5.08. The third kappa shape index (κ3) is 3.69. The Morgan fingerprint density at radius 3 is 2.72 bits per heavy atom. The van der Waals surface area contributed by atoms with Crippen LogP contribution >= 0.6 is 0 Å². The number of benzene rings is 1. The molecule has 1 aliphatic heterocycles. The summed E-state index contributed by atoms with van der Waals surface area (Å²) in [5.41, 5.74) is 2.23. The Hall–Kier alpha value is -2.34. The van der Waals surface area contributed by atoms with Crippen molar-refractivity contribution in [1.29, 1.82) is 0 Å². The van der Waals surface area contributed by atoms with E-state index in [0.717, 1.165) is 36.5 Å². The minimum Gasteiger partial charge on any atom is -0.497 e. The van der Waals surface area contributed by atoms with Crippen molar-refractivity contribution in [2.24, 2.45) is 5.92 Å². The second-order valence-electron chi connectivity index (χ2n) is 6.67. The fourth-order valence-corrected chi connectivity index (χ4v) is 3.31. The van der Waals surface area contributed by atoms with Crippen molar-refractivity contribution in [2.75, 3.05) is 20.2 Å². The maximum atomic E-state index is 12.8. The normalized spacial score (nSPS) is 18.9. The van der Waals surface area contributed by atoms with Gasteiger partial charge in [0.05, 0.1) is 18.9 Å². The SMILES string of the molecule is COc1ccc(-n2nc(C(=O)N3CCCC(C(C)O)C3)cc2C)cc1. The molecule has 1 saturated heterocycles. The number of nitrogens with zero attached hydrogens (tertiary/aromatic N) is 3. The number of ether oxygens (including phenoxy) is 1. The number of hydrogen-bond acceptors (Lipinski definition) is 4. The molecule has 0 spiro atoms. The zero-order valence-electron chi connectivity index (χ0n) is 15.0. The molecular formula is C19H25N3O3. The van der Waals surface area contributed by atoms with E-state index < -0.39 is 6.10 Å². The van der Waals surface area contributed by atoms with E-state index in [1.807, 2.05) is 37.3 Å². The molecule has 1 aliphatic rings. The second-order valence-corrected chi connectivity index (χ2v) is 6.67. The third-order valence-electron chi connectivity index (χ3n) is 4.85. The van der Waals surface area contributed by atoms with Gasteiger partial charge in [0.1, 0.15) is 5.75 Å². The van der Waals surface area contributed by atoms with Crippen molar-refractivity contribution < 1.29 is 14.6 Å². The van der Waals surface area contributed by atoms with Crippen LogP contribution in [0.25, 0.3) is 5.69 Å². The summed E-state index contributed by atoms with van der Waals surface area (Å²) in [4.78, 5) is 14.6. The summed E-state index contributed by atoms with van der Waals surface area (Å²) < 4.78 is 6.94. The molecule has 6 nitrogen and oxygen atoms in total. The highest BCUT2D eigenvalue weighted by Crippen LogP contribution is 2.22. The second kappa shape index (κ2) is 7.27. The molecule has 25 heavy (non-hydrogen) atoms. The lowest BCUT2D eigenvalue weighted by Gasteiger charge is -2.33. The summed E-state index contributed by atoms with van der Waals surface area (Å²) in [7, 11) is 1.63. The molecule has 2 heterocycles. The van der Waals surface area contributed by atoms with Gasteiger partial charge in [0.25, 0.3) is 5.91 Å². The fourth-order valence-electron chi connectivity index (χ4n) is 3.31. The van der Waals surface area contributed by atoms with E-state index in [-0.39, 0.29) is 11.8 Å². The number of aliphatic hydroxyl groups is 1. The van der Waals surface area contributed by atoms with E-state index in [0.29, 0.717) is 12.2 Å². The molecule has 134 valence electrons. The number of hydrogen-bond donors (Lipinski definition) is 1. The number of carbonyl (C=O) groups excluding carboxylic acids is 1. The van der Waals surface area contributed by atoms with Crippen LogP contribution in [0.4, 0.5) is 0 Å². The molecule has 0 bridgehead atoms. The standard InChI is InChI=1S/C19H25N3O3/c1-13-11-18(19(24)21-10-4-5-15(12-21)14(2)23)20-22(13)16-6-8-17(25-3)9-7-16/h6-9,11,14-15,23H,4-5,10,12H2,1-3H3. The zero-order valence-corrected chi connectivity index (χ0v) is 15.0. The summed E-state index contributed by atoms with van der Waals surface area (Å²) in [6.45, 7) is 5.03. The Bertz CT molecular complexity index is 737. The average molecular weight is 343 g/mol. The first-order valence-electron chi connectivity index (χ1n) is 8.68. The van der Waals surface area contributed by atoms with Gasteiger partial charge in [-0.15, -0.1) is 0 Å². The zero-order chi connectivity index (χ0) is 18.0. The van der Waals surface area contributed by atoms with Crippen LogP contribution in [0.5, 0.6) is 5.75 Å². The number of aromatic nitrogens is 2. The van der Waals surface area contributed by atoms with Crippen molar-refractivity contribution in [3.8, 4) is 11.4 Å². The smallest absolute Gasteiger partial charge is 0.274 e. The molecule has 1 fully saturated rings. The van der Waals surface area contributed by atoms with Gasteiger partial charge in [-0.3, -0.25) is 4.79 Å². The number of carbonyl (C=O) groups is 1. The molecule has 6 heteroatoms. The summed E-state index contributed by atoms with van der Waals surface area (Å²) in [6.07, 6.45) is 1.48. The van der Waals surface area contributed by atoms with Crippen LogP contribution in [-0.2, 0) is 0 Å². The van der Waals surface area contributed by atoms with Crippen molar-refractivity contribution in [1.82, 2.24) is 14.7 Å². The van der Waals surface area contributed by atoms with E-state index in [1.165, 1.54) is 0 Å². The van der Waals surface area contributed by atoms with E-state index in [2.05, 4.69) is 5.10 Å². The monoisotopic (exact) mass is 343 g/mol. The number of methoxy groups -OCH3 is 1. The number of piperidine rings is 1. The van der Waals surface area contributed by atoms with Crippen LogP contribution in [0.2, 0.25) is 0 Å². The van der Waals surface area contributed by atoms with Gasteiger partial charge in [0.15, 0.2) is 5.69 Å². The minimum atomic E-state index is -0.394. The summed E-state index contributed by atoms with van der Waals surface area (Å²) in [5, 5.41) is 14.3. The molecule has 2 aromatic rings. The molecule has 1 amide bonds. The number of aryl methyl sites for hydroxylation is 1. The van der Waals surface area contributed by atoms with Gasteiger partial charge in [0.2, 0.25) is 0 Å². The third-order valence-corrected chi connectivity index (χ3v) is 4.85. The Morgan fingerprint density at radius 1 is 1.36 bits per heavy atom. The topological polar surface area (TPSA) is 67.6 Å². The van der Waals surface area contributed by atoms with Gasteiger partial charge in [0, 0.05) is 24.7 Å². The van der Waals surface area contributed by atoms with E-state index in [1.54, 1.807) is 23.6 Å². The highest BCUT2D eigenvalue weighted by Gasteiger charge is 2.28. The first kappa shape index (κ1) is 17.5. The molecule has 1 aromatic carbocycles. The van der Waals surface area contributed by atoms with Gasteiger partial charge in [-0.25, -0.2) is 4.68 Å². The number of rotatable bonds is 4. The fraction of sp³-hybridized carbons (Fsp3) is 0.474. The Morgan fingerprint density at radius 2 is 2.08 bits per heavy atom. The van der Waals surface area contributed by atoms with Gasteiger partial charge in [-0.05, 0) is 57.0 Å². The van der Waals surface area contributed by atoms with Crippen molar-refractivity contribution >= 4 is 5.91 Å². The summed E-state index contributed by atoms with van der Waals surface area (Å²) in [6, 6.07) is 9.39. The summed E-state index contributed by atoms with van der Waals surface area (Å²) >= 11 is 0. The molecule has 1 aromatic heterocycles. The predicted molar refractivity (Wildman–Crippen MR) is 95.2 cm³/mol. The quantitative estimate of drug-likeness (QED) is 0.926. The highest BCUT2D eigenvalue weighted by atomic mass is 16.5. The molecule has 2 unspecified atom stereocenters. The minimum absolute atomic E-state index is 0.0688. The molecule has 3 rings (SSSR count). The predicted octanol–water partition coefficient (Wildman–Crippen LogP) is 2.42. The van der Waals surface area contributed by atoms with Crippen molar-refractivity contribution in [3.63, 3.8) is 0 Å². The lowest BCUT2D eigenvalue weighted by Crippen LogP contribution is -2.43. The number of likely N-dealkylation sites (tertiary alicyclic amines) is 1. The first-order chi connectivity index (χ1) is 12.0. The van der Waals surface area contributed by atoms with Gasteiger partial charge >= 0.3 is 0 Å². The van der Waals surface area contributed by atoms with Crippen molar-refractivity contribution in [3.05, 3.63) is 41.7 Å².